The van der Waals surface area contributed by atoms with Crippen LogP contribution in [0.1, 0.15) is 17.2 Å². The summed E-state index contributed by atoms with van der Waals surface area (Å²) in [5.41, 5.74) is 2.80. The average Bonchev–Trinajstić information content (AvgIpc) is 2.88. The van der Waals surface area contributed by atoms with Crippen molar-refractivity contribution in [3.05, 3.63) is 53.6 Å². The van der Waals surface area contributed by atoms with Crippen molar-refractivity contribution in [1.29, 1.82) is 0 Å². The molecule has 1 fully saturated rings. The van der Waals surface area contributed by atoms with E-state index in [0.717, 1.165) is 65.5 Å². The maximum atomic E-state index is 10.8. The lowest BCUT2D eigenvalue weighted by atomic mass is 10.1. The van der Waals surface area contributed by atoms with Crippen LogP contribution in [0.5, 0.6) is 17.2 Å². The van der Waals surface area contributed by atoms with Gasteiger partial charge in [0, 0.05) is 44.7 Å². The number of benzene rings is 2. The SMILES string of the molecule is COc1cc2c(CCO)cccc2nc1N1CCN(CC(O)c2ccc3c(c2)OCCO3)CC1. The molecule has 1 unspecified atom stereocenters. The minimum absolute atomic E-state index is 0.100. The summed E-state index contributed by atoms with van der Waals surface area (Å²) in [6.45, 7) is 4.95. The van der Waals surface area contributed by atoms with Crippen molar-refractivity contribution in [3.8, 4) is 17.2 Å². The zero-order valence-corrected chi connectivity index (χ0v) is 19.4. The molecule has 8 nitrogen and oxygen atoms in total. The molecule has 2 aliphatic heterocycles. The molecule has 180 valence electrons. The third-order valence-corrected chi connectivity index (χ3v) is 6.55. The van der Waals surface area contributed by atoms with Crippen LogP contribution < -0.4 is 19.1 Å². The quantitative estimate of drug-likeness (QED) is 0.550. The normalized spacial score (nSPS) is 17.1. The molecular weight excluding hydrogens is 434 g/mol. The smallest absolute Gasteiger partial charge is 0.172 e. The number of anilines is 1. The van der Waals surface area contributed by atoms with E-state index >= 15 is 0 Å². The van der Waals surface area contributed by atoms with E-state index in [1.54, 1.807) is 7.11 Å². The minimum atomic E-state index is -0.597. The first-order chi connectivity index (χ1) is 16.7. The van der Waals surface area contributed by atoms with Gasteiger partial charge in [-0.2, -0.15) is 0 Å². The predicted octanol–water partition coefficient (Wildman–Crippen LogP) is 2.41. The van der Waals surface area contributed by atoms with Crippen LogP contribution in [0.25, 0.3) is 10.9 Å². The molecule has 2 aliphatic rings. The molecule has 8 heteroatoms. The Kier molecular flexibility index (Phi) is 6.71. The summed E-state index contributed by atoms with van der Waals surface area (Å²) in [5, 5.41) is 21.2. The molecule has 0 saturated carbocycles. The van der Waals surface area contributed by atoms with Crippen molar-refractivity contribution in [3.63, 3.8) is 0 Å². The van der Waals surface area contributed by atoms with E-state index in [1.807, 2.05) is 42.5 Å². The first-order valence-electron chi connectivity index (χ1n) is 11.8. The maximum Gasteiger partial charge on any atom is 0.172 e. The van der Waals surface area contributed by atoms with Crippen LogP contribution in [0.3, 0.4) is 0 Å². The molecule has 0 spiro atoms. The number of piperazine rings is 1. The van der Waals surface area contributed by atoms with Gasteiger partial charge in [-0.15, -0.1) is 0 Å². The van der Waals surface area contributed by atoms with E-state index in [0.29, 0.717) is 31.9 Å². The molecule has 0 radical (unpaired) electrons. The first kappa shape index (κ1) is 22.7. The molecule has 0 bridgehead atoms. The number of hydrogen-bond donors (Lipinski definition) is 2. The monoisotopic (exact) mass is 465 g/mol. The van der Waals surface area contributed by atoms with Crippen molar-refractivity contribution in [2.45, 2.75) is 12.5 Å². The van der Waals surface area contributed by atoms with E-state index in [4.69, 9.17) is 19.2 Å². The van der Waals surface area contributed by atoms with E-state index in [9.17, 15) is 10.2 Å². The highest BCUT2D eigenvalue weighted by Crippen LogP contribution is 2.34. The molecule has 1 aromatic heterocycles. The second-order valence-corrected chi connectivity index (χ2v) is 8.68. The van der Waals surface area contributed by atoms with Gasteiger partial charge in [-0.1, -0.05) is 18.2 Å². The Labute approximate surface area is 199 Å². The van der Waals surface area contributed by atoms with Crippen LogP contribution in [0.4, 0.5) is 5.82 Å². The lowest BCUT2D eigenvalue weighted by Crippen LogP contribution is -2.48. The van der Waals surface area contributed by atoms with Crippen LogP contribution in [0.2, 0.25) is 0 Å². The van der Waals surface area contributed by atoms with Gasteiger partial charge in [0.25, 0.3) is 0 Å². The van der Waals surface area contributed by atoms with Crippen LogP contribution in [0, 0.1) is 0 Å². The Morgan fingerprint density at radius 1 is 1.03 bits per heavy atom. The van der Waals surface area contributed by atoms with Gasteiger partial charge in [0.2, 0.25) is 0 Å². The Bertz CT molecular complexity index is 1150. The summed E-state index contributed by atoms with van der Waals surface area (Å²) in [6.07, 6.45) is -0.00744. The number of pyridine rings is 1. The molecule has 2 N–H and O–H groups in total. The zero-order chi connectivity index (χ0) is 23.5. The van der Waals surface area contributed by atoms with Crippen LogP contribution >= 0.6 is 0 Å². The van der Waals surface area contributed by atoms with E-state index in [-0.39, 0.29) is 6.61 Å². The van der Waals surface area contributed by atoms with Gasteiger partial charge in [0.15, 0.2) is 23.1 Å². The van der Waals surface area contributed by atoms with Crippen molar-refractivity contribution < 1.29 is 24.4 Å². The summed E-state index contributed by atoms with van der Waals surface area (Å²) in [7, 11) is 1.67. The first-order valence-corrected chi connectivity index (χ1v) is 11.8. The highest BCUT2D eigenvalue weighted by molar-refractivity contribution is 5.86. The summed E-state index contributed by atoms with van der Waals surface area (Å²) in [6, 6.07) is 13.7. The third kappa shape index (κ3) is 4.61. The van der Waals surface area contributed by atoms with Gasteiger partial charge in [-0.3, -0.25) is 4.90 Å². The van der Waals surface area contributed by atoms with Crippen molar-refractivity contribution in [2.75, 3.05) is 64.6 Å². The number of aliphatic hydroxyl groups is 2. The number of methoxy groups -OCH3 is 1. The van der Waals surface area contributed by atoms with Crippen molar-refractivity contribution in [2.24, 2.45) is 0 Å². The van der Waals surface area contributed by atoms with Crippen molar-refractivity contribution >= 4 is 16.7 Å². The fourth-order valence-corrected chi connectivity index (χ4v) is 4.70. The molecular formula is C26H31N3O5. The van der Waals surface area contributed by atoms with Gasteiger partial charge >= 0.3 is 0 Å². The molecule has 34 heavy (non-hydrogen) atoms. The molecule has 1 saturated heterocycles. The standard InChI is InChI=1S/C26H31N3O5/c1-32-25-16-20-18(7-12-30)3-2-4-21(20)27-26(25)29-10-8-28(9-11-29)17-22(31)19-5-6-23-24(15-19)34-14-13-33-23/h2-6,15-16,22,30-31H,7-14,17H2,1H3. The molecule has 1 atom stereocenters. The average molecular weight is 466 g/mol. The number of aliphatic hydroxyl groups excluding tert-OH is 2. The van der Waals surface area contributed by atoms with Gasteiger partial charge in [0.1, 0.15) is 13.2 Å². The Morgan fingerprint density at radius 3 is 2.59 bits per heavy atom. The topological polar surface area (TPSA) is 87.5 Å². The molecule has 3 heterocycles. The second kappa shape index (κ2) is 10.0. The number of aromatic nitrogens is 1. The Morgan fingerprint density at radius 2 is 1.82 bits per heavy atom. The fraction of sp³-hybridized carbons (Fsp3) is 0.423. The summed E-state index contributed by atoms with van der Waals surface area (Å²) in [4.78, 5) is 9.42. The second-order valence-electron chi connectivity index (χ2n) is 8.68. The predicted molar refractivity (Wildman–Crippen MR) is 130 cm³/mol. The summed E-state index contributed by atoms with van der Waals surface area (Å²) in [5.74, 6) is 3.01. The van der Waals surface area contributed by atoms with Crippen LogP contribution in [0.15, 0.2) is 42.5 Å². The molecule has 3 aromatic rings. The van der Waals surface area contributed by atoms with Crippen LogP contribution in [-0.2, 0) is 6.42 Å². The number of rotatable bonds is 7. The van der Waals surface area contributed by atoms with Gasteiger partial charge in [-0.25, -0.2) is 4.98 Å². The van der Waals surface area contributed by atoms with Gasteiger partial charge in [-0.05, 0) is 41.8 Å². The molecule has 5 rings (SSSR count). The highest BCUT2D eigenvalue weighted by Gasteiger charge is 2.24. The number of β-amino-alcohol motifs (C(OH)–C–C–N with tert-alkyl or cyclic N) is 1. The Hall–Kier alpha value is -3.07. The lowest BCUT2D eigenvalue weighted by molar-refractivity contribution is 0.108. The summed E-state index contributed by atoms with van der Waals surface area (Å²) < 4.78 is 16.9. The maximum absolute atomic E-state index is 10.8. The zero-order valence-electron chi connectivity index (χ0n) is 19.4. The molecule has 0 amide bonds. The Balaban J connectivity index is 1.26. The molecule has 2 aromatic carbocycles. The number of hydrogen-bond acceptors (Lipinski definition) is 8. The van der Waals surface area contributed by atoms with Crippen molar-refractivity contribution in [1.82, 2.24) is 9.88 Å². The highest BCUT2D eigenvalue weighted by atomic mass is 16.6. The fourth-order valence-electron chi connectivity index (χ4n) is 4.70. The number of fused-ring (bicyclic) bond motifs is 2. The summed E-state index contributed by atoms with van der Waals surface area (Å²) >= 11 is 0. The van der Waals surface area contributed by atoms with E-state index in [2.05, 4.69) is 9.80 Å². The minimum Gasteiger partial charge on any atom is -0.493 e. The molecule has 0 aliphatic carbocycles. The lowest BCUT2D eigenvalue weighted by Gasteiger charge is -2.36. The number of ether oxygens (including phenoxy) is 3. The van der Waals surface area contributed by atoms with Crippen LogP contribution in [-0.4, -0.2) is 79.8 Å². The van der Waals surface area contributed by atoms with Gasteiger partial charge < -0.3 is 29.3 Å². The largest absolute Gasteiger partial charge is 0.493 e. The third-order valence-electron chi connectivity index (χ3n) is 6.55. The van der Waals surface area contributed by atoms with E-state index in [1.165, 1.54) is 0 Å². The number of nitrogens with zero attached hydrogens (tertiary/aromatic N) is 3. The van der Waals surface area contributed by atoms with Gasteiger partial charge in [0.05, 0.1) is 18.7 Å². The van der Waals surface area contributed by atoms with E-state index < -0.39 is 6.10 Å².